The van der Waals surface area contributed by atoms with Crippen LogP contribution in [0.5, 0.6) is 0 Å². The van der Waals surface area contributed by atoms with Gasteiger partial charge in [-0.25, -0.2) is 4.39 Å². The number of hydrogen-bond acceptors (Lipinski definition) is 6. The van der Waals surface area contributed by atoms with Gasteiger partial charge >= 0.3 is 0 Å². The standard InChI is InChI=1S/C14H14FN3OS2/c15-10-2-1-9(5-16)12(3-10)21-13(4-11(17)7-19)14-6-18-8-20-14/h1-3,6,8,11,13,19H,4,7,17H2. The van der Waals surface area contributed by atoms with Gasteiger partial charge in [0.25, 0.3) is 0 Å². The average molecular weight is 323 g/mol. The average Bonchev–Trinajstić information content (AvgIpc) is 3.01. The maximum Gasteiger partial charge on any atom is 0.124 e. The predicted octanol–water partition coefficient (Wildman–Crippen LogP) is 2.70. The highest BCUT2D eigenvalue weighted by Crippen LogP contribution is 2.41. The first-order valence-electron chi connectivity index (χ1n) is 6.25. The highest BCUT2D eigenvalue weighted by Gasteiger charge is 2.20. The Kier molecular flexibility index (Phi) is 5.70. The summed E-state index contributed by atoms with van der Waals surface area (Å²) >= 11 is 2.85. The number of halogens is 1. The van der Waals surface area contributed by atoms with E-state index in [9.17, 15) is 4.39 Å². The summed E-state index contributed by atoms with van der Waals surface area (Å²) in [7, 11) is 0. The van der Waals surface area contributed by atoms with Crippen LogP contribution in [0, 0.1) is 17.1 Å². The highest BCUT2D eigenvalue weighted by atomic mass is 32.2. The number of benzene rings is 1. The summed E-state index contributed by atoms with van der Waals surface area (Å²) in [5.74, 6) is -0.383. The maximum absolute atomic E-state index is 13.4. The second-order valence-electron chi connectivity index (χ2n) is 4.44. The third-order valence-corrected chi connectivity index (χ3v) is 5.21. The number of aliphatic hydroxyl groups excluding tert-OH is 1. The fourth-order valence-electron chi connectivity index (χ4n) is 1.80. The van der Waals surface area contributed by atoms with Crippen molar-refractivity contribution in [1.82, 2.24) is 4.98 Å². The lowest BCUT2D eigenvalue weighted by Crippen LogP contribution is -2.25. The van der Waals surface area contributed by atoms with E-state index >= 15 is 0 Å². The number of aromatic nitrogens is 1. The Morgan fingerprint density at radius 3 is 2.95 bits per heavy atom. The van der Waals surface area contributed by atoms with Gasteiger partial charge in [0.2, 0.25) is 0 Å². The van der Waals surface area contributed by atoms with E-state index in [0.29, 0.717) is 16.9 Å². The van der Waals surface area contributed by atoms with E-state index in [2.05, 4.69) is 11.1 Å². The molecule has 1 heterocycles. The first-order valence-corrected chi connectivity index (χ1v) is 8.01. The van der Waals surface area contributed by atoms with Crippen molar-refractivity contribution < 1.29 is 9.50 Å². The lowest BCUT2D eigenvalue weighted by molar-refractivity contribution is 0.260. The second kappa shape index (κ2) is 7.52. The van der Waals surface area contributed by atoms with Crippen molar-refractivity contribution in [1.29, 1.82) is 5.26 Å². The zero-order valence-electron chi connectivity index (χ0n) is 11.1. The molecule has 0 saturated heterocycles. The number of nitrogens with two attached hydrogens (primary N) is 1. The van der Waals surface area contributed by atoms with Crippen LogP contribution in [-0.4, -0.2) is 22.7 Å². The molecule has 0 aliphatic heterocycles. The molecule has 0 saturated carbocycles. The Bertz CT molecular complexity index is 628. The third kappa shape index (κ3) is 4.25. The molecule has 2 unspecified atom stereocenters. The van der Waals surface area contributed by atoms with Gasteiger partial charge in [0, 0.05) is 27.3 Å². The third-order valence-electron chi connectivity index (χ3n) is 2.85. The van der Waals surface area contributed by atoms with Crippen LogP contribution >= 0.6 is 23.1 Å². The van der Waals surface area contributed by atoms with Crippen molar-refractivity contribution in [2.75, 3.05) is 6.61 Å². The van der Waals surface area contributed by atoms with Crippen molar-refractivity contribution in [3.63, 3.8) is 0 Å². The summed E-state index contributed by atoms with van der Waals surface area (Å²) < 4.78 is 13.4. The molecule has 0 spiro atoms. The molecule has 0 radical (unpaired) electrons. The molecule has 7 heteroatoms. The van der Waals surface area contributed by atoms with Crippen molar-refractivity contribution >= 4 is 23.1 Å². The summed E-state index contributed by atoms with van der Waals surface area (Å²) in [5.41, 5.74) is 7.95. The van der Waals surface area contributed by atoms with Gasteiger partial charge in [-0.1, -0.05) is 0 Å². The molecule has 0 aliphatic rings. The Labute approximate surface area is 130 Å². The molecule has 2 rings (SSSR count). The maximum atomic E-state index is 13.4. The van der Waals surface area contributed by atoms with E-state index in [1.807, 2.05) is 0 Å². The van der Waals surface area contributed by atoms with E-state index < -0.39 is 0 Å². The van der Waals surface area contributed by atoms with Gasteiger partial charge < -0.3 is 10.8 Å². The molecule has 4 nitrogen and oxygen atoms in total. The molecule has 2 aromatic rings. The SMILES string of the molecule is N#Cc1ccc(F)cc1SC(CC(N)CO)c1cncs1. The van der Waals surface area contributed by atoms with Crippen molar-refractivity contribution in [2.45, 2.75) is 22.6 Å². The van der Waals surface area contributed by atoms with Crippen LogP contribution < -0.4 is 5.73 Å². The lowest BCUT2D eigenvalue weighted by Gasteiger charge is -2.18. The van der Waals surface area contributed by atoms with Crippen LogP contribution in [0.2, 0.25) is 0 Å². The van der Waals surface area contributed by atoms with Gasteiger partial charge in [-0.3, -0.25) is 4.98 Å². The zero-order valence-corrected chi connectivity index (χ0v) is 12.7. The molecule has 0 aliphatic carbocycles. The summed E-state index contributed by atoms with van der Waals surface area (Å²) in [6, 6.07) is 5.77. The Hall–Kier alpha value is -1.46. The Morgan fingerprint density at radius 1 is 1.52 bits per heavy atom. The molecular formula is C14H14FN3OS2. The largest absolute Gasteiger partial charge is 0.395 e. The predicted molar refractivity (Wildman–Crippen MR) is 81.5 cm³/mol. The molecule has 0 amide bonds. The molecule has 21 heavy (non-hydrogen) atoms. The minimum atomic E-state index is -0.383. The number of thioether (sulfide) groups is 1. The van der Waals surface area contributed by atoms with Crippen LogP contribution in [0.15, 0.2) is 34.8 Å². The summed E-state index contributed by atoms with van der Waals surface area (Å²) in [5, 5.41) is 18.2. The number of thiazole rings is 1. The highest BCUT2D eigenvalue weighted by molar-refractivity contribution is 7.99. The molecule has 110 valence electrons. The minimum absolute atomic E-state index is 0.0754. The van der Waals surface area contributed by atoms with E-state index in [0.717, 1.165) is 4.88 Å². The molecule has 0 fully saturated rings. The van der Waals surface area contributed by atoms with Crippen LogP contribution in [0.1, 0.15) is 22.1 Å². The van der Waals surface area contributed by atoms with Gasteiger partial charge in [0.15, 0.2) is 0 Å². The monoisotopic (exact) mass is 323 g/mol. The van der Waals surface area contributed by atoms with Gasteiger partial charge in [0.1, 0.15) is 11.9 Å². The first kappa shape index (κ1) is 15.9. The first-order chi connectivity index (χ1) is 10.1. The second-order valence-corrected chi connectivity index (χ2v) is 6.60. The quantitative estimate of drug-likeness (QED) is 0.799. The van der Waals surface area contributed by atoms with Crippen molar-refractivity contribution in [2.24, 2.45) is 5.73 Å². The number of hydrogen-bond donors (Lipinski definition) is 2. The van der Waals surface area contributed by atoms with Crippen LogP contribution in [0.3, 0.4) is 0 Å². The molecule has 1 aromatic carbocycles. The minimum Gasteiger partial charge on any atom is -0.395 e. The molecule has 0 bridgehead atoms. The Morgan fingerprint density at radius 2 is 2.33 bits per heavy atom. The molecule has 3 N–H and O–H groups in total. The van der Waals surface area contributed by atoms with E-state index in [4.69, 9.17) is 16.1 Å². The molecular weight excluding hydrogens is 309 g/mol. The summed E-state index contributed by atoms with van der Waals surface area (Å²) in [6.07, 6.45) is 2.25. The van der Waals surface area contributed by atoms with Gasteiger partial charge in [-0.15, -0.1) is 23.1 Å². The lowest BCUT2D eigenvalue weighted by atomic mass is 10.1. The zero-order chi connectivity index (χ0) is 15.2. The van der Waals surface area contributed by atoms with Gasteiger partial charge in [-0.05, 0) is 24.6 Å². The smallest absolute Gasteiger partial charge is 0.124 e. The number of nitriles is 1. The number of nitrogens with zero attached hydrogens (tertiary/aromatic N) is 2. The van der Waals surface area contributed by atoms with Gasteiger partial charge in [-0.2, -0.15) is 5.26 Å². The van der Waals surface area contributed by atoms with Crippen LogP contribution in [0.4, 0.5) is 4.39 Å². The van der Waals surface area contributed by atoms with E-state index in [1.54, 1.807) is 11.7 Å². The van der Waals surface area contributed by atoms with E-state index in [-0.39, 0.29) is 23.7 Å². The summed E-state index contributed by atoms with van der Waals surface area (Å²) in [4.78, 5) is 5.59. The molecule has 2 atom stereocenters. The van der Waals surface area contributed by atoms with E-state index in [1.165, 1.54) is 41.3 Å². The van der Waals surface area contributed by atoms with Crippen molar-refractivity contribution in [3.8, 4) is 6.07 Å². The fraction of sp³-hybridized carbons (Fsp3) is 0.286. The number of aliphatic hydroxyl groups is 1. The van der Waals surface area contributed by atoms with Crippen molar-refractivity contribution in [3.05, 3.63) is 46.2 Å². The normalized spacial score (nSPS) is 13.6. The molecule has 1 aromatic heterocycles. The Balaban J connectivity index is 2.27. The fourth-order valence-corrected chi connectivity index (χ4v) is 3.97. The number of rotatable bonds is 6. The van der Waals surface area contributed by atoms with Crippen LogP contribution in [0.25, 0.3) is 0 Å². The topological polar surface area (TPSA) is 82.9 Å². The van der Waals surface area contributed by atoms with Gasteiger partial charge in [0.05, 0.1) is 17.7 Å². The van der Waals surface area contributed by atoms with Crippen LogP contribution in [-0.2, 0) is 0 Å². The summed E-state index contributed by atoms with van der Waals surface area (Å²) in [6.45, 7) is -0.121.